The van der Waals surface area contributed by atoms with Crippen LogP contribution in [0.5, 0.6) is 5.75 Å². The van der Waals surface area contributed by atoms with E-state index in [4.69, 9.17) is 4.74 Å². The molecule has 0 aliphatic rings. The maximum Gasteiger partial charge on any atom is 0.165 e. The monoisotopic (exact) mass is 281 g/mol. The molecule has 2 nitrogen and oxygen atoms in total. The van der Waals surface area contributed by atoms with E-state index >= 15 is 0 Å². The van der Waals surface area contributed by atoms with Crippen LogP contribution in [-0.2, 0) is 6.42 Å². The first-order chi connectivity index (χ1) is 9.35. The molecule has 0 amide bonds. The molecule has 0 fully saturated rings. The molecule has 1 unspecified atom stereocenters. The molecule has 1 aromatic carbocycles. The Hall–Kier alpha value is -1.09. The molecular formula is C17H28FNO. The molecule has 0 radical (unpaired) electrons. The van der Waals surface area contributed by atoms with Crippen molar-refractivity contribution in [3.8, 4) is 5.75 Å². The third-order valence-electron chi connectivity index (χ3n) is 3.36. The number of hydrogen-bond acceptors (Lipinski definition) is 2. The number of methoxy groups -OCH3 is 1. The molecule has 0 aromatic heterocycles. The number of benzene rings is 1. The Bertz CT molecular complexity index is 412. The Morgan fingerprint density at radius 1 is 1.30 bits per heavy atom. The Balaban J connectivity index is 2.67. The van der Waals surface area contributed by atoms with E-state index in [1.165, 1.54) is 7.11 Å². The maximum atomic E-state index is 13.7. The van der Waals surface area contributed by atoms with Crippen molar-refractivity contribution in [1.82, 2.24) is 5.32 Å². The summed E-state index contributed by atoms with van der Waals surface area (Å²) in [6.07, 6.45) is 3.20. The van der Waals surface area contributed by atoms with Gasteiger partial charge in [-0.3, -0.25) is 0 Å². The summed E-state index contributed by atoms with van der Waals surface area (Å²) >= 11 is 0. The Labute approximate surface area is 122 Å². The van der Waals surface area contributed by atoms with Gasteiger partial charge in [0.25, 0.3) is 0 Å². The molecule has 20 heavy (non-hydrogen) atoms. The van der Waals surface area contributed by atoms with E-state index < -0.39 is 0 Å². The Morgan fingerprint density at radius 2 is 2.00 bits per heavy atom. The van der Waals surface area contributed by atoms with E-state index in [1.54, 1.807) is 12.1 Å². The van der Waals surface area contributed by atoms with Crippen molar-refractivity contribution < 1.29 is 9.13 Å². The van der Waals surface area contributed by atoms with E-state index in [-0.39, 0.29) is 11.4 Å². The molecule has 0 aliphatic heterocycles. The van der Waals surface area contributed by atoms with E-state index in [2.05, 4.69) is 33.0 Å². The van der Waals surface area contributed by atoms with E-state index in [1.807, 2.05) is 6.07 Å². The number of nitrogens with one attached hydrogen (secondary N) is 1. The molecule has 3 heteroatoms. The van der Waals surface area contributed by atoms with Gasteiger partial charge in [0.1, 0.15) is 0 Å². The zero-order valence-corrected chi connectivity index (χ0v) is 13.4. The van der Waals surface area contributed by atoms with Gasteiger partial charge in [-0.2, -0.15) is 0 Å². The summed E-state index contributed by atoms with van der Waals surface area (Å²) in [6.45, 7) is 9.67. The average molecular weight is 281 g/mol. The van der Waals surface area contributed by atoms with Crippen LogP contribution in [0.3, 0.4) is 0 Å². The van der Waals surface area contributed by atoms with Crippen molar-refractivity contribution in [1.29, 1.82) is 0 Å². The summed E-state index contributed by atoms with van der Waals surface area (Å²) in [5.41, 5.74) is 1.16. The van der Waals surface area contributed by atoms with Crippen molar-refractivity contribution in [2.75, 3.05) is 13.7 Å². The minimum Gasteiger partial charge on any atom is -0.494 e. The van der Waals surface area contributed by atoms with E-state index in [9.17, 15) is 4.39 Å². The topological polar surface area (TPSA) is 21.3 Å². The standard InChI is InChI=1S/C17H28FNO/c1-6-7-14(12-19-17(2,3)4)10-13-8-9-16(20-5)15(18)11-13/h8-9,11,14,19H,6-7,10,12H2,1-5H3. The quantitative estimate of drug-likeness (QED) is 0.809. The van der Waals surface area contributed by atoms with Crippen LogP contribution in [0.25, 0.3) is 0 Å². The van der Waals surface area contributed by atoms with Gasteiger partial charge in [-0.05, 0) is 63.8 Å². The van der Waals surface area contributed by atoms with Crippen molar-refractivity contribution in [2.24, 2.45) is 5.92 Å². The molecule has 114 valence electrons. The highest BCUT2D eigenvalue weighted by Gasteiger charge is 2.15. The first kappa shape index (κ1) is 17.0. The van der Waals surface area contributed by atoms with Crippen LogP contribution in [0.1, 0.15) is 46.1 Å². The average Bonchev–Trinajstić information content (AvgIpc) is 2.35. The number of rotatable bonds is 7. The zero-order valence-electron chi connectivity index (χ0n) is 13.4. The van der Waals surface area contributed by atoms with Crippen LogP contribution in [0, 0.1) is 11.7 Å². The van der Waals surface area contributed by atoms with Crippen LogP contribution in [0.15, 0.2) is 18.2 Å². The number of halogens is 1. The highest BCUT2D eigenvalue weighted by Crippen LogP contribution is 2.21. The lowest BCUT2D eigenvalue weighted by molar-refractivity contribution is 0.354. The smallest absolute Gasteiger partial charge is 0.165 e. The first-order valence-electron chi connectivity index (χ1n) is 7.43. The van der Waals surface area contributed by atoms with Gasteiger partial charge in [0.05, 0.1) is 7.11 Å². The highest BCUT2D eigenvalue weighted by atomic mass is 19.1. The lowest BCUT2D eigenvalue weighted by Crippen LogP contribution is -2.39. The first-order valence-corrected chi connectivity index (χ1v) is 7.43. The van der Waals surface area contributed by atoms with Crippen molar-refractivity contribution in [2.45, 2.75) is 52.5 Å². The molecule has 0 saturated heterocycles. The van der Waals surface area contributed by atoms with Crippen LogP contribution < -0.4 is 10.1 Å². The molecule has 1 rings (SSSR count). The van der Waals surface area contributed by atoms with Crippen molar-refractivity contribution >= 4 is 0 Å². The fourth-order valence-electron chi connectivity index (χ4n) is 2.31. The van der Waals surface area contributed by atoms with Gasteiger partial charge in [-0.25, -0.2) is 4.39 Å². The molecule has 0 aliphatic carbocycles. The predicted octanol–water partition coefficient (Wildman–Crippen LogP) is 4.18. The zero-order chi connectivity index (χ0) is 15.2. The van der Waals surface area contributed by atoms with Gasteiger partial charge in [0, 0.05) is 5.54 Å². The largest absolute Gasteiger partial charge is 0.494 e. The molecule has 1 aromatic rings. The van der Waals surface area contributed by atoms with E-state index in [0.29, 0.717) is 11.7 Å². The van der Waals surface area contributed by atoms with Crippen LogP contribution in [0.4, 0.5) is 4.39 Å². The summed E-state index contributed by atoms with van der Waals surface area (Å²) in [4.78, 5) is 0. The van der Waals surface area contributed by atoms with Gasteiger partial charge < -0.3 is 10.1 Å². The normalized spacial score (nSPS) is 13.3. The summed E-state index contributed by atoms with van der Waals surface area (Å²) in [5, 5.41) is 3.55. The number of ether oxygens (including phenoxy) is 1. The SMILES string of the molecule is CCCC(CNC(C)(C)C)Cc1ccc(OC)c(F)c1. The third-order valence-corrected chi connectivity index (χ3v) is 3.36. The highest BCUT2D eigenvalue weighted by molar-refractivity contribution is 5.29. The fraction of sp³-hybridized carbons (Fsp3) is 0.647. The molecule has 0 saturated carbocycles. The molecular weight excluding hydrogens is 253 g/mol. The minimum atomic E-state index is -0.274. The molecule has 1 N–H and O–H groups in total. The van der Waals surface area contributed by atoms with Crippen LogP contribution in [0.2, 0.25) is 0 Å². The summed E-state index contributed by atoms with van der Waals surface area (Å²) in [5.74, 6) is 0.574. The summed E-state index contributed by atoms with van der Waals surface area (Å²) in [7, 11) is 1.49. The second-order valence-electron chi connectivity index (χ2n) is 6.46. The molecule has 0 bridgehead atoms. The lowest BCUT2D eigenvalue weighted by atomic mass is 9.93. The fourth-order valence-corrected chi connectivity index (χ4v) is 2.31. The molecule has 0 spiro atoms. The Kier molecular flexibility index (Phi) is 6.47. The summed E-state index contributed by atoms with van der Waals surface area (Å²) in [6, 6.07) is 5.27. The van der Waals surface area contributed by atoms with Crippen LogP contribution in [-0.4, -0.2) is 19.2 Å². The van der Waals surface area contributed by atoms with Gasteiger partial charge in [-0.1, -0.05) is 19.4 Å². The third kappa shape index (κ3) is 5.91. The molecule has 0 heterocycles. The lowest BCUT2D eigenvalue weighted by Gasteiger charge is -2.25. The van der Waals surface area contributed by atoms with Crippen LogP contribution >= 0.6 is 0 Å². The van der Waals surface area contributed by atoms with Gasteiger partial charge in [0.2, 0.25) is 0 Å². The van der Waals surface area contributed by atoms with E-state index in [0.717, 1.165) is 31.4 Å². The second-order valence-corrected chi connectivity index (χ2v) is 6.46. The van der Waals surface area contributed by atoms with Gasteiger partial charge >= 0.3 is 0 Å². The minimum absolute atomic E-state index is 0.122. The van der Waals surface area contributed by atoms with Crippen molar-refractivity contribution in [3.05, 3.63) is 29.6 Å². The van der Waals surface area contributed by atoms with Gasteiger partial charge in [-0.15, -0.1) is 0 Å². The second kappa shape index (κ2) is 7.63. The van der Waals surface area contributed by atoms with Gasteiger partial charge in [0.15, 0.2) is 11.6 Å². The summed E-state index contributed by atoms with van der Waals surface area (Å²) < 4.78 is 18.7. The Morgan fingerprint density at radius 3 is 2.50 bits per heavy atom. The van der Waals surface area contributed by atoms with Crippen molar-refractivity contribution in [3.63, 3.8) is 0 Å². The predicted molar refractivity (Wildman–Crippen MR) is 82.8 cm³/mol. The molecule has 1 atom stereocenters. The number of hydrogen-bond donors (Lipinski definition) is 1. The maximum absolute atomic E-state index is 13.7.